The zero-order chi connectivity index (χ0) is 22.6. The smallest absolute Gasteiger partial charge is 0.309 e. The fourth-order valence-electron chi connectivity index (χ4n) is 4.02. The van der Waals surface area contributed by atoms with Gasteiger partial charge in [-0.15, -0.1) is 0 Å². The van der Waals surface area contributed by atoms with Gasteiger partial charge in [0.1, 0.15) is 23.2 Å². The average Bonchev–Trinajstić information content (AvgIpc) is 3.17. The summed E-state index contributed by atoms with van der Waals surface area (Å²) in [5.41, 5.74) is 1.62. The van der Waals surface area contributed by atoms with E-state index in [9.17, 15) is 9.90 Å². The van der Waals surface area contributed by atoms with E-state index in [1.54, 1.807) is 14.2 Å². The highest BCUT2D eigenvalue weighted by molar-refractivity contribution is 5.72. The van der Waals surface area contributed by atoms with Crippen LogP contribution in [0.15, 0.2) is 78.9 Å². The van der Waals surface area contributed by atoms with Gasteiger partial charge < -0.3 is 24.1 Å². The van der Waals surface area contributed by atoms with Crippen LogP contribution in [0.2, 0.25) is 0 Å². The van der Waals surface area contributed by atoms with E-state index in [2.05, 4.69) is 0 Å². The Morgan fingerprint density at radius 2 is 1.34 bits per heavy atom. The standard InChI is InChI=1S/C26H26O6/c1-29-21-12-8-19(9-13-21)26(18-6-4-3-5-7-18,20-10-14-22(30-2)15-11-20)31-17-24-23(27)16-25(28)32-24/h3-15,23-24,27H,16-17H2,1-2H3/t23-,24+/m0/s1. The van der Waals surface area contributed by atoms with E-state index < -0.39 is 23.8 Å². The molecule has 0 aliphatic carbocycles. The van der Waals surface area contributed by atoms with E-state index in [1.165, 1.54) is 0 Å². The minimum atomic E-state index is -1.02. The molecule has 3 aromatic carbocycles. The number of aliphatic hydroxyl groups is 1. The number of hydrogen-bond acceptors (Lipinski definition) is 6. The molecule has 1 fully saturated rings. The van der Waals surface area contributed by atoms with Crippen LogP contribution in [-0.2, 0) is 19.9 Å². The van der Waals surface area contributed by atoms with Crippen molar-refractivity contribution >= 4 is 5.97 Å². The van der Waals surface area contributed by atoms with E-state index in [0.717, 1.165) is 28.2 Å². The topological polar surface area (TPSA) is 74.2 Å². The molecule has 166 valence electrons. The summed E-state index contributed by atoms with van der Waals surface area (Å²) in [5, 5.41) is 10.2. The Morgan fingerprint density at radius 1 is 0.844 bits per heavy atom. The first kappa shape index (κ1) is 21.9. The number of benzene rings is 3. The lowest BCUT2D eigenvalue weighted by Crippen LogP contribution is -2.38. The second-order valence-electron chi connectivity index (χ2n) is 7.62. The van der Waals surface area contributed by atoms with Gasteiger partial charge in [0.25, 0.3) is 0 Å². The first-order valence-electron chi connectivity index (χ1n) is 10.4. The Balaban J connectivity index is 1.85. The molecular formula is C26H26O6. The van der Waals surface area contributed by atoms with Crippen LogP contribution in [-0.4, -0.2) is 44.1 Å². The van der Waals surface area contributed by atoms with Gasteiger partial charge in [-0.2, -0.15) is 0 Å². The third-order valence-electron chi connectivity index (χ3n) is 5.73. The highest BCUT2D eigenvalue weighted by Crippen LogP contribution is 2.42. The van der Waals surface area contributed by atoms with Crippen molar-refractivity contribution < 1.29 is 28.8 Å². The van der Waals surface area contributed by atoms with Crippen LogP contribution in [0.5, 0.6) is 11.5 Å². The number of rotatable bonds is 8. The highest BCUT2D eigenvalue weighted by Gasteiger charge is 2.41. The number of cyclic esters (lactones) is 1. The van der Waals surface area contributed by atoms with Gasteiger partial charge >= 0.3 is 5.97 Å². The number of hydrogen-bond donors (Lipinski definition) is 1. The van der Waals surface area contributed by atoms with Crippen LogP contribution in [0.25, 0.3) is 0 Å². The monoisotopic (exact) mass is 434 g/mol. The first-order chi connectivity index (χ1) is 15.6. The maximum atomic E-state index is 11.7. The van der Waals surface area contributed by atoms with E-state index in [4.69, 9.17) is 18.9 Å². The van der Waals surface area contributed by atoms with Gasteiger partial charge in [0.2, 0.25) is 0 Å². The molecule has 0 saturated carbocycles. The number of carbonyl (C=O) groups excluding carboxylic acids is 1. The molecule has 3 aromatic rings. The van der Waals surface area contributed by atoms with Crippen LogP contribution in [0.3, 0.4) is 0 Å². The number of aliphatic hydroxyl groups excluding tert-OH is 1. The van der Waals surface area contributed by atoms with Gasteiger partial charge in [-0.1, -0.05) is 54.6 Å². The Kier molecular flexibility index (Phi) is 6.44. The van der Waals surface area contributed by atoms with Crippen molar-refractivity contribution in [1.82, 2.24) is 0 Å². The summed E-state index contributed by atoms with van der Waals surface area (Å²) in [6, 6.07) is 25.1. The van der Waals surface area contributed by atoms with E-state index >= 15 is 0 Å². The molecule has 0 unspecified atom stereocenters. The Bertz CT molecular complexity index is 983. The summed E-state index contributed by atoms with van der Waals surface area (Å²) in [5.74, 6) is 1.03. The van der Waals surface area contributed by atoms with Gasteiger partial charge in [0, 0.05) is 0 Å². The molecule has 6 nitrogen and oxygen atoms in total. The molecule has 0 radical (unpaired) electrons. The molecule has 32 heavy (non-hydrogen) atoms. The minimum absolute atomic E-state index is 0.0276. The number of methoxy groups -OCH3 is 2. The molecule has 4 rings (SSSR count). The quantitative estimate of drug-likeness (QED) is 0.431. The fourth-order valence-corrected chi connectivity index (χ4v) is 4.02. The van der Waals surface area contributed by atoms with Crippen molar-refractivity contribution in [3.8, 4) is 11.5 Å². The van der Waals surface area contributed by atoms with Crippen LogP contribution >= 0.6 is 0 Å². The summed E-state index contributed by atoms with van der Waals surface area (Å²) in [6.45, 7) is 0.0276. The normalized spacial score (nSPS) is 18.3. The van der Waals surface area contributed by atoms with Gasteiger partial charge in [-0.3, -0.25) is 4.79 Å². The van der Waals surface area contributed by atoms with Gasteiger partial charge in [0.15, 0.2) is 6.10 Å². The highest BCUT2D eigenvalue weighted by atomic mass is 16.6. The van der Waals surface area contributed by atoms with Crippen LogP contribution in [0, 0.1) is 0 Å². The van der Waals surface area contributed by atoms with Crippen molar-refractivity contribution in [1.29, 1.82) is 0 Å². The lowest BCUT2D eigenvalue weighted by Gasteiger charge is -2.37. The lowest BCUT2D eigenvalue weighted by atomic mass is 9.80. The second kappa shape index (κ2) is 9.42. The molecule has 1 N–H and O–H groups in total. The second-order valence-corrected chi connectivity index (χ2v) is 7.62. The third kappa shape index (κ3) is 4.20. The largest absolute Gasteiger partial charge is 0.497 e. The maximum absolute atomic E-state index is 11.7. The van der Waals surface area contributed by atoms with Crippen LogP contribution in [0.1, 0.15) is 23.1 Å². The Hall–Kier alpha value is -3.35. The maximum Gasteiger partial charge on any atom is 0.309 e. The van der Waals surface area contributed by atoms with E-state index in [-0.39, 0.29) is 13.0 Å². The molecular weight excluding hydrogens is 408 g/mol. The molecule has 1 heterocycles. The first-order valence-corrected chi connectivity index (χ1v) is 10.4. The molecule has 1 aliphatic heterocycles. The van der Waals surface area contributed by atoms with Crippen molar-refractivity contribution in [2.75, 3.05) is 20.8 Å². The molecule has 1 aliphatic rings. The summed E-state index contributed by atoms with van der Waals surface area (Å²) in [4.78, 5) is 11.7. The zero-order valence-electron chi connectivity index (χ0n) is 18.1. The molecule has 0 amide bonds. The SMILES string of the molecule is COc1ccc(C(OC[C@H]2OC(=O)C[C@@H]2O)(c2ccccc2)c2ccc(OC)cc2)cc1. The average molecular weight is 434 g/mol. The van der Waals surface area contributed by atoms with Gasteiger partial charge in [0.05, 0.1) is 27.2 Å². The summed E-state index contributed by atoms with van der Waals surface area (Å²) in [6.07, 6.45) is -1.66. The minimum Gasteiger partial charge on any atom is -0.497 e. The third-order valence-corrected chi connectivity index (χ3v) is 5.73. The summed E-state index contributed by atoms with van der Waals surface area (Å²) < 4.78 is 22.6. The van der Waals surface area contributed by atoms with Crippen molar-refractivity contribution in [3.05, 3.63) is 95.6 Å². The molecule has 0 bridgehead atoms. The number of esters is 1. The fraction of sp³-hybridized carbons (Fsp3) is 0.269. The van der Waals surface area contributed by atoms with Crippen molar-refractivity contribution in [3.63, 3.8) is 0 Å². The predicted octanol–water partition coefficient (Wildman–Crippen LogP) is 3.69. The molecule has 0 aromatic heterocycles. The van der Waals surface area contributed by atoms with Crippen LogP contribution in [0.4, 0.5) is 0 Å². The van der Waals surface area contributed by atoms with Crippen LogP contribution < -0.4 is 9.47 Å². The Morgan fingerprint density at radius 3 is 1.78 bits per heavy atom. The van der Waals surface area contributed by atoms with Gasteiger partial charge in [-0.05, 0) is 41.0 Å². The molecule has 0 spiro atoms. The van der Waals surface area contributed by atoms with Gasteiger partial charge in [-0.25, -0.2) is 0 Å². The van der Waals surface area contributed by atoms with Crippen molar-refractivity contribution in [2.45, 2.75) is 24.2 Å². The molecule has 6 heteroatoms. The lowest BCUT2D eigenvalue weighted by molar-refractivity contribution is -0.146. The summed E-state index contributed by atoms with van der Waals surface area (Å²) >= 11 is 0. The molecule has 1 saturated heterocycles. The number of ether oxygens (including phenoxy) is 4. The number of carbonyl (C=O) groups is 1. The zero-order valence-corrected chi connectivity index (χ0v) is 18.1. The predicted molar refractivity (Wildman–Crippen MR) is 119 cm³/mol. The molecule has 2 atom stereocenters. The summed E-state index contributed by atoms with van der Waals surface area (Å²) in [7, 11) is 3.24. The van der Waals surface area contributed by atoms with Crippen molar-refractivity contribution in [2.24, 2.45) is 0 Å². The Labute approximate surface area is 187 Å². The van der Waals surface area contributed by atoms with E-state index in [0.29, 0.717) is 0 Å². The van der Waals surface area contributed by atoms with E-state index in [1.807, 2.05) is 78.9 Å².